The lowest BCUT2D eigenvalue weighted by molar-refractivity contribution is 0.0344. The van der Waals surface area contributed by atoms with Crippen LogP contribution in [0.3, 0.4) is 0 Å². The number of piperazine rings is 1. The van der Waals surface area contributed by atoms with Crippen LogP contribution in [0.15, 0.2) is 6.07 Å². The first-order valence-corrected chi connectivity index (χ1v) is 7.03. The molecule has 0 bridgehead atoms. The van der Waals surface area contributed by atoms with E-state index in [1.807, 2.05) is 0 Å². The second-order valence-corrected chi connectivity index (χ2v) is 5.95. The third-order valence-electron chi connectivity index (χ3n) is 3.43. The predicted octanol–water partition coefficient (Wildman–Crippen LogP) is 1.29. The Labute approximate surface area is 123 Å². The fourth-order valence-corrected chi connectivity index (χ4v) is 2.52. The Morgan fingerprint density at radius 1 is 1.24 bits per heavy atom. The van der Waals surface area contributed by atoms with Crippen molar-refractivity contribution in [1.82, 2.24) is 9.88 Å². The molecule has 1 aromatic heterocycles. The molecule has 0 aromatic carbocycles. The monoisotopic (exact) mass is 300 g/mol. The van der Waals surface area contributed by atoms with E-state index in [1.54, 1.807) is 25.8 Å². The van der Waals surface area contributed by atoms with Crippen LogP contribution in [0, 0.1) is 11.6 Å². The highest BCUT2D eigenvalue weighted by Crippen LogP contribution is 2.23. The van der Waals surface area contributed by atoms with Crippen molar-refractivity contribution in [2.75, 3.05) is 50.0 Å². The third kappa shape index (κ3) is 4.01. The molecule has 0 amide bonds. The van der Waals surface area contributed by atoms with Gasteiger partial charge in [-0.1, -0.05) is 0 Å². The first-order chi connectivity index (χ1) is 9.80. The summed E-state index contributed by atoms with van der Waals surface area (Å²) in [7, 11) is 1.55. The van der Waals surface area contributed by atoms with E-state index < -0.39 is 17.2 Å². The SMILES string of the molecule is CNc1nc(N2CCN(CC(C)(C)O)CC2)c(F)cc1F. The second kappa shape index (κ2) is 6.11. The van der Waals surface area contributed by atoms with Crippen LogP contribution in [0.4, 0.5) is 20.4 Å². The summed E-state index contributed by atoms with van der Waals surface area (Å²) in [5.74, 6) is -1.13. The largest absolute Gasteiger partial charge is 0.389 e. The number of aliphatic hydroxyl groups is 1. The number of hydrogen-bond donors (Lipinski definition) is 2. The number of β-amino-alcohol motifs (C(OH)–C–C–N with tert-alkyl or cyclic N) is 1. The van der Waals surface area contributed by atoms with Crippen LogP contribution < -0.4 is 10.2 Å². The van der Waals surface area contributed by atoms with Crippen LogP contribution >= 0.6 is 0 Å². The summed E-state index contributed by atoms with van der Waals surface area (Å²) in [6, 6.07) is 0.859. The van der Waals surface area contributed by atoms with Crippen molar-refractivity contribution in [3.05, 3.63) is 17.7 Å². The fraction of sp³-hybridized carbons (Fsp3) is 0.643. The Hall–Kier alpha value is -1.47. The summed E-state index contributed by atoms with van der Waals surface area (Å²) in [5.41, 5.74) is -0.749. The maximum absolute atomic E-state index is 13.9. The van der Waals surface area contributed by atoms with Gasteiger partial charge in [0.05, 0.1) is 5.60 Å². The van der Waals surface area contributed by atoms with Crippen LogP contribution in [-0.4, -0.2) is 60.4 Å². The van der Waals surface area contributed by atoms with E-state index in [2.05, 4.69) is 15.2 Å². The molecule has 0 spiro atoms. The highest BCUT2D eigenvalue weighted by molar-refractivity contribution is 5.49. The van der Waals surface area contributed by atoms with Crippen molar-refractivity contribution in [2.24, 2.45) is 0 Å². The summed E-state index contributed by atoms with van der Waals surface area (Å²) in [6.07, 6.45) is 0. The van der Waals surface area contributed by atoms with Crippen molar-refractivity contribution < 1.29 is 13.9 Å². The molecule has 21 heavy (non-hydrogen) atoms. The van der Waals surface area contributed by atoms with Crippen molar-refractivity contribution >= 4 is 11.6 Å². The van der Waals surface area contributed by atoms with Crippen molar-refractivity contribution in [3.63, 3.8) is 0 Å². The van der Waals surface area contributed by atoms with Gasteiger partial charge in [0.25, 0.3) is 0 Å². The topological polar surface area (TPSA) is 51.6 Å². The average molecular weight is 300 g/mol. The highest BCUT2D eigenvalue weighted by Gasteiger charge is 2.25. The minimum Gasteiger partial charge on any atom is -0.389 e. The number of hydrogen-bond acceptors (Lipinski definition) is 5. The maximum atomic E-state index is 13.9. The number of pyridine rings is 1. The molecule has 0 atom stereocenters. The van der Waals surface area contributed by atoms with E-state index in [4.69, 9.17) is 0 Å². The molecule has 2 N–H and O–H groups in total. The van der Waals surface area contributed by atoms with Crippen molar-refractivity contribution in [1.29, 1.82) is 0 Å². The molecule has 1 fully saturated rings. The van der Waals surface area contributed by atoms with Crippen molar-refractivity contribution in [3.8, 4) is 0 Å². The van der Waals surface area contributed by atoms with Crippen LogP contribution in [0.25, 0.3) is 0 Å². The molecule has 2 rings (SSSR count). The highest BCUT2D eigenvalue weighted by atomic mass is 19.1. The summed E-state index contributed by atoms with van der Waals surface area (Å²) < 4.78 is 27.3. The van der Waals surface area contributed by atoms with Crippen LogP contribution in [0.2, 0.25) is 0 Å². The number of nitrogens with zero attached hydrogens (tertiary/aromatic N) is 3. The van der Waals surface area contributed by atoms with Crippen LogP contribution in [-0.2, 0) is 0 Å². The number of halogens is 2. The van der Waals surface area contributed by atoms with Gasteiger partial charge in [-0.05, 0) is 13.8 Å². The number of nitrogens with one attached hydrogen (secondary N) is 1. The van der Waals surface area contributed by atoms with E-state index in [0.29, 0.717) is 32.7 Å². The molecule has 0 saturated carbocycles. The zero-order valence-corrected chi connectivity index (χ0v) is 12.7. The van der Waals surface area contributed by atoms with Crippen LogP contribution in [0.5, 0.6) is 0 Å². The van der Waals surface area contributed by atoms with Gasteiger partial charge in [-0.25, -0.2) is 13.8 Å². The lowest BCUT2D eigenvalue weighted by atomic mass is 10.1. The molecule has 0 radical (unpaired) electrons. The Kier molecular flexibility index (Phi) is 4.63. The second-order valence-electron chi connectivity index (χ2n) is 5.95. The lowest BCUT2D eigenvalue weighted by Gasteiger charge is -2.37. The van der Waals surface area contributed by atoms with Gasteiger partial charge >= 0.3 is 0 Å². The molecular formula is C14H22F2N4O. The summed E-state index contributed by atoms with van der Waals surface area (Å²) >= 11 is 0. The van der Waals surface area contributed by atoms with Gasteiger partial charge < -0.3 is 15.3 Å². The van der Waals surface area contributed by atoms with Gasteiger partial charge in [0.2, 0.25) is 0 Å². The molecule has 2 heterocycles. The van der Waals surface area contributed by atoms with E-state index in [9.17, 15) is 13.9 Å². The molecule has 118 valence electrons. The van der Waals surface area contributed by atoms with Crippen molar-refractivity contribution in [2.45, 2.75) is 19.4 Å². The van der Waals surface area contributed by atoms with Gasteiger partial charge in [0, 0.05) is 45.8 Å². The summed E-state index contributed by atoms with van der Waals surface area (Å²) in [4.78, 5) is 7.93. The zero-order chi connectivity index (χ0) is 15.6. The molecule has 1 aliphatic rings. The quantitative estimate of drug-likeness (QED) is 0.878. The van der Waals surface area contributed by atoms with Crippen LogP contribution in [0.1, 0.15) is 13.8 Å². The maximum Gasteiger partial charge on any atom is 0.168 e. The van der Waals surface area contributed by atoms with Gasteiger partial charge in [-0.3, -0.25) is 4.90 Å². The van der Waals surface area contributed by atoms with E-state index >= 15 is 0 Å². The van der Waals surface area contributed by atoms with E-state index in [-0.39, 0.29) is 11.6 Å². The lowest BCUT2D eigenvalue weighted by Crippen LogP contribution is -2.51. The third-order valence-corrected chi connectivity index (χ3v) is 3.43. The van der Waals surface area contributed by atoms with Gasteiger partial charge in [0.1, 0.15) is 0 Å². The fourth-order valence-electron chi connectivity index (χ4n) is 2.52. The molecule has 5 nitrogen and oxygen atoms in total. The average Bonchev–Trinajstić information content (AvgIpc) is 2.38. The normalized spacial score (nSPS) is 17.1. The first-order valence-electron chi connectivity index (χ1n) is 7.03. The molecule has 1 aliphatic heterocycles. The Morgan fingerprint density at radius 3 is 2.38 bits per heavy atom. The van der Waals surface area contributed by atoms with Gasteiger partial charge in [-0.15, -0.1) is 0 Å². The molecule has 1 aromatic rings. The van der Waals surface area contributed by atoms with E-state index in [0.717, 1.165) is 6.07 Å². The van der Waals surface area contributed by atoms with Gasteiger partial charge in [0.15, 0.2) is 23.3 Å². The minimum absolute atomic E-state index is 0.0466. The first kappa shape index (κ1) is 15.9. The van der Waals surface area contributed by atoms with Gasteiger partial charge in [-0.2, -0.15) is 0 Å². The minimum atomic E-state index is -0.749. The smallest absolute Gasteiger partial charge is 0.168 e. The molecule has 1 saturated heterocycles. The summed E-state index contributed by atoms with van der Waals surface area (Å²) in [5, 5.41) is 12.4. The molecule has 7 heteroatoms. The Morgan fingerprint density at radius 2 is 1.86 bits per heavy atom. The molecular weight excluding hydrogens is 278 g/mol. The Bertz CT molecular complexity index is 496. The zero-order valence-electron chi connectivity index (χ0n) is 12.7. The summed E-state index contributed by atoms with van der Waals surface area (Å²) in [6.45, 7) is 6.69. The Balaban J connectivity index is 2.05. The number of anilines is 2. The standard InChI is InChI=1S/C14H22F2N4O/c1-14(2,21)9-19-4-6-20(7-5-19)13-11(16)8-10(15)12(17-3)18-13/h8,21H,4-7,9H2,1-3H3,(H,17,18). The number of rotatable bonds is 4. The molecule has 0 aliphatic carbocycles. The molecule has 0 unspecified atom stereocenters. The number of aromatic nitrogens is 1. The predicted molar refractivity (Wildman–Crippen MR) is 78.7 cm³/mol. The van der Waals surface area contributed by atoms with E-state index in [1.165, 1.54) is 0 Å².